The van der Waals surface area contributed by atoms with Crippen molar-refractivity contribution in [2.45, 2.75) is 0 Å². The van der Waals surface area contributed by atoms with Crippen molar-refractivity contribution in [2.75, 3.05) is 7.11 Å². The van der Waals surface area contributed by atoms with Crippen LogP contribution in [0.4, 0.5) is 4.79 Å². The van der Waals surface area contributed by atoms with E-state index in [4.69, 9.17) is 15.2 Å². The average Bonchev–Trinajstić information content (AvgIpc) is 3.05. The van der Waals surface area contributed by atoms with E-state index in [0.29, 0.717) is 27.7 Å². The molecular weight excluding hydrogens is 386 g/mol. The van der Waals surface area contributed by atoms with Crippen molar-refractivity contribution < 1.29 is 14.3 Å². The van der Waals surface area contributed by atoms with Gasteiger partial charge in [-0.3, -0.25) is 4.79 Å². The fourth-order valence-electron chi connectivity index (χ4n) is 3.01. The van der Waals surface area contributed by atoms with Crippen molar-refractivity contribution in [1.82, 2.24) is 0 Å². The van der Waals surface area contributed by atoms with Crippen LogP contribution in [0.3, 0.4) is 0 Å². The molecule has 3 aromatic carbocycles. The number of carbonyl (C=O) groups excluding carboxylic acids is 1. The van der Waals surface area contributed by atoms with E-state index in [1.807, 2.05) is 30.3 Å². The van der Waals surface area contributed by atoms with Crippen molar-refractivity contribution in [1.29, 1.82) is 5.26 Å². The molecule has 0 atom stereocenters. The summed E-state index contributed by atoms with van der Waals surface area (Å²) in [5.74, 6) is 1.89. The second kappa shape index (κ2) is 7.70. The number of amidine groups is 1. The third kappa shape index (κ3) is 3.66. The summed E-state index contributed by atoms with van der Waals surface area (Å²) < 4.78 is 11.6. The number of ether oxygens (including phenoxy) is 2. The lowest BCUT2D eigenvalue weighted by Crippen LogP contribution is -2.08. The van der Waals surface area contributed by atoms with Gasteiger partial charge in [0.2, 0.25) is 0 Å². The van der Waals surface area contributed by atoms with E-state index in [-0.39, 0.29) is 11.1 Å². The number of fused-ring (bicyclic) bond motifs is 1. The van der Waals surface area contributed by atoms with Crippen LogP contribution in [0, 0.1) is 11.3 Å². The van der Waals surface area contributed by atoms with Gasteiger partial charge in [0, 0.05) is 10.8 Å². The van der Waals surface area contributed by atoms with E-state index in [1.54, 1.807) is 37.5 Å². The van der Waals surface area contributed by atoms with Gasteiger partial charge in [-0.25, -0.2) is 0 Å². The highest BCUT2D eigenvalue weighted by atomic mass is 32.2. The quantitative estimate of drug-likeness (QED) is 0.655. The second-order valence-corrected chi connectivity index (χ2v) is 7.15. The molecule has 0 unspecified atom stereocenters. The normalized spacial score (nSPS) is 14.7. The summed E-state index contributed by atoms with van der Waals surface area (Å²) in [6.45, 7) is 0. The molecule has 3 aromatic rings. The lowest BCUT2D eigenvalue weighted by Gasteiger charge is -2.13. The van der Waals surface area contributed by atoms with Gasteiger partial charge < -0.3 is 15.2 Å². The molecule has 0 saturated carbocycles. The molecule has 142 valence electrons. The summed E-state index contributed by atoms with van der Waals surface area (Å²) in [7, 11) is 1.56. The van der Waals surface area contributed by atoms with Crippen molar-refractivity contribution in [3.05, 3.63) is 70.6 Å². The summed E-state index contributed by atoms with van der Waals surface area (Å²) in [5.41, 5.74) is 7.15. The number of thioether (sulfide) groups is 1. The Labute approximate surface area is 171 Å². The van der Waals surface area contributed by atoms with Crippen LogP contribution in [-0.4, -0.2) is 18.2 Å². The fourth-order valence-corrected chi connectivity index (χ4v) is 3.69. The fraction of sp³-hybridized carbons (Fsp3) is 0.0455. The maximum atomic E-state index is 11.4. The highest BCUT2D eigenvalue weighted by molar-refractivity contribution is 8.18. The first-order valence-corrected chi connectivity index (χ1v) is 9.46. The SMILES string of the molecule is COc1cc(/C=C2\SC(=O)N=C2N)ccc1Oc1ccc(C#N)c2ccccc12. The first-order valence-electron chi connectivity index (χ1n) is 8.65. The standard InChI is InChI=1S/C22H15N3O3S/c1-27-19-10-13(11-20-21(24)25-22(26)29-20)6-8-18(19)28-17-9-7-14(12-23)15-4-2-3-5-16(15)17/h2-11H,1H3,(H2,24,25,26)/b20-11-. The molecule has 6 nitrogen and oxygen atoms in total. The van der Waals surface area contributed by atoms with Crippen LogP contribution in [-0.2, 0) is 0 Å². The number of rotatable bonds is 4. The third-order valence-electron chi connectivity index (χ3n) is 4.37. The summed E-state index contributed by atoms with van der Waals surface area (Å²) in [5, 5.41) is 10.7. The monoisotopic (exact) mass is 401 g/mol. The number of carbonyl (C=O) groups is 1. The van der Waals surface area contributed by atoms with E-state index in [2.05, 4.69) is 11.1 Å². The summed E-state index contributed by atoms with van der Waals surface area (Å²) in [6.07, 6.45) is 1.78. The molecule has 1 heterocycles. The first-order chi connectivity index (χ1) is 14.1. The Hall–Kier alpha value is -3.76. The molecule has 1 aliphatic rings. The number of nitrogens with zero attached hydrogens (tertiary/aromatic N) is 2. The van der Waals surface area contributed by atoms with Gasteiger partial charge in [-0.15, -0.1) is 0 Å². The smallest absolute Gasteiger partial charge is 0.311 e. The lowest BCUT2D eigenvalue weighted by molar-refractivity contribution is 0.268. The minimum Gasteiger partial charge on any atom is -0.493 e. The van der Waals surface area contributed by atoms with Gasteiger partial charge in [0.05, 0.1) is 23.6 Å². The molecule has 0 fully saturated rings. The Kier molecular flexibility index (Phi) is 4.94. The molecule has 7 heteroatoms. The largest absolute Gasteiger partial charge is 0.493 e. The van der Waals surface area contributed by atoms with E-state index in [1.165, 1.54) is 0 Å². The Bertz CT molecular complexity index is 1240. The van der Waals surface area contributed by atoms with Crippen LogP contribution in [0.5, 0.6) is 17.2 Å². The number of hydrogen-bond donors (Lipinski definition) is 1. The average molecular weight is 401 g/mol. The van der Waals surface area contributed by atoms with E-state index < -0.39 is 0 Å². The summed E-state index contributed by atoms with van der Waals surface area (Å²) >= 11 is 0.989. The van der Waals surface area contributed by atoms with Crippen LogP contribution in [0.25, 0.3) is 16.8 Å². The second-order valence-electron chi connectivity index (χ2n) is 6.15. The zero-order chi connectivity index (χ0) is 20.4. The predicted octanol–water partition coefficient (Wildman–Crippen LogP) is 5.08. The number of amides is 1. The van der Waals surface area contributed by atoms with Crippen LogP contribution < -0.4 is 15.2 Å². The zero-order valence-electron chi connectivity index (χ0n) is 15.4. The Morgan fingerprint density at radius 3 is 2.52 bits per heavy atom. The van der Waals surface area contributed by atoms with Gasteiger partial charge in [-0.2, -0.15) is 10.3 Å². The van der Waals surface area contributed by atoms with Crippen molar-refractivity contribution in [3.63, 3.8) is 0 Å². The molecule has 2 N–H and O–H groups in total. The Balaban J connectivity index is 1.70. The maximum absolute atomic E-state index is 11.4. The Morgan fingerprint density at radius 1 is 1.07 bits per heavy atom. The molecule has 1 aliphatic heterocycles. The van der Waals surface area contributed by atoms with Crippen LogP contribution in [0.1, 0.15) is 11.1 Å². The number of aliphatic imine (C=N–C) groups is 1. The van der Waals surface area contributed by atoms with Gasteiger partial charge in [-0.05, 0) is 47.7 Å². The minimum atomic E-state index is -0.326. The molecule has 0 bridgehead atoms. The molecule has 0 saturated heterocycles. The molecule has 4 rings (SSSR count). The summed E-state index contributed by atoms with van der Waals surface area (Å²) in [6, 6.07) is 18.7. The van der Waals surface area contributed by atoms with Gasteiger partial charge in [0.1, 0.15) is 11.6 Å². The van der Waals surface area contributed by atoms with E-state index in [9.17, 15) is 10.1 Å². The van der Waals surface area contributed by atoms with Gasteiger partial charge >= 0.3 is 5.24 Å². The minimum absolute atomic E-state index is 0.211. The molecule has 0 aliphatic carbocycles. The number of nitriles is 1. The predicted molar refractivity (Wildman–Crippen MR) is 114 cm³/mol. The zero-order valence-corrected chi connectivity index (χ0v) is 16.2. The summed E-state index contributed by atoms with van der Waals surface area (Å²) in [4.78, 5) is 15.7. The van der Waals surface area contributed by atoms with Crippen LogP contribution in [0.2, 0.25) is 0 Å². The number of methoxy groups -OCH3 is 1. The van der Waals surface area contributed by atoms with Gasteiger partial charge in [0.15, 0.2) is 11.5 Å². The molecule has 0 spiro atoms. The molecular formula is C22H15N3O3S. The van der Waals surface area contributed by atoms with Crippen molar-refractivity contribution in [2.24, 2.45) is 10.7 Å². The third-order valence-corrected chi connectivity index (χ3v) is 5.18. The molecule has 0 aromatic heterocycles. The highest BCUT2D eigenvalue weighted by Gasteiger charge is 2.19. The highest BCUT2D eigenvalue weighted by Crippen LogP contribution is 2.37. The Morgan fingerprint density at radius 2 is 1.83 bits per heavy atom. The van der Waals surface area contributed by atoms with Crippen molar-refractivity contribution >= 4 is 39.7 Å². The van der Waals surface area contributed by atoms with Gasteiger partial charge in [-0.1, -0.05) is 30.3 Å². The first kappa shape index (κ1) is 18.6. The van der Waals surface area contributed by atoms with E-state index in [0.717, 1.165) is 28.1 Å². The number of hydrogen-bond acceptors (Lipinski definition) is 6. The maximum Gasteiger partial charge on any atom is 0.311 e. The number of nitrogens with two attached hydrogens (primary N) is 1. The lowest BCUT2D eigenvalue weighted by atomic mass is 10.0. The molecule has 1 amide bonds. The molecule has 29 heavy (non-hydrogen) atoms. The van der Waals surface area contributed by atoms with E-state index >= 15 is 0 Å². The topological polar surface area (TPSA) is 97.7 Å². The molecule has 0 radical (unpaired) electrons. The van der Waals surface area contributed by atoms with Crippen LogP contribution >= 0.6 is 11.8 Å². The van der Waals surface area contributed by atoms with Gasteiger partial charge in [0.25, 0.3) is 0 Å². The van der Waals surface area contributed by atoms with Crippen LogP contribution in [0.15, 0.2) is 64.5 Å². The number of benzene rings is 3. The van der Waals surface area contributed by atoms with Crippen molar-refractivity contribution in [3.8, 4) is 23.3 Å².